The second-order valence-electron chi connectivity index (χ2n) is 9.29. The summed E-state index contributed by atoms with van der Waals surface area (Å²) in [5.41, 5.74) is 5.42. The number of rotatable bonds is 4. The fraction of sp³-hybridized carbons (Fsp3) is 0.636. The number of hydrogen-bond acceptors (Lipinski definition) is 5. The van der Waals surface area contributed by atoms with E-state index in [0.717, 1.165) is 38.2 Å². The molecule has 168 valence electrons. The Morgan fingerprint density at radius 3 is 2.45 bits per heavy atom. The highest BCUT2D eigenvalue weighted by molar-refractivity contribution is 5.62. The third-order valence-electron chi connectivity index (χ3n) is 7.06. The Hall–Kier alpha value is -2.13. The van der Waals surface area contributed by atoms with Crippen LogP contribution in [0.25, 0.3) is 11.3 Å². The van der Waals surface area contributed by atoms with Crippen molar-refractivity contribution in [2.75, 3.05) is 32.0 Å². The van der Waals surface area contributed by atoms with Gasteiger partial charge in [-0.2, -0.15) is 13.2 Å². The van der Waals surface area contributed by atoms with Crippen molar-refractivity contribution in [2.45, 2.75) is 50.9 Å². The Morgan fingerprint density at radius 2 is 1.84 bits per heavy atom. The van der Waals surface area contributed by atoms with Gasteiger partial charge < -0.3 is 15.0 Å². The maximum atomic E-state index is 13.3. The second-order valence-corrected chi connectivity index (χ2v) is 9.29. The Kier molecular flexibility index (Phi) is 5.01. The maximum absolute atomic E-state index is 13.3. The van der Waals surface area contributed by atoms with Crippen molar-refractivity contribution in [1.29, 1.82) is 0 Å². The molecule has 0 unspecified atom stereocenters. The van der Waals surface area contributed by atoms with Crippen molar-refractivity contribution in [2.24, 2.45) is 11.8 Å². The molecule has 0 bridgehead atoms. The van der Waals surface area contributed by atoms with E-state index >= 15 is 0 Å². The molecule has 0 radical (unpaired) electrons. The monoisotopic (exact) mass is 435 g/mol. The summed E-state index contributed by atoms with van der Waals surface area (Å²) in [5.74, 6) is 1.81. The number of aromatic nitrogens is 3. The quantitative estimate of drug-likeness (QED) is 0.788. The average Bonchev–Trinajstić information content (AvgIpc) is 3.09. The first-order valence-corrected chi connectivity index (χ1v) is 11.0. The molecule has 5 rings (SSSR count). The zero-order chi connectivity index (χ0) is 21.9. The lowest BCUT2D eigenvalue weighted by molar-refractivity contribution is -0.137. The van der Waals surface area contributed by atoms with Crippen LogP contribution in [0.4, 0.5) is 19.0 Å². The molecule has 3 aliphatic rings. The molecular formula is C22H28F3N5O. The smallest absolute Gasteiger partial charge is 0.383 e. The van der Waals surface area contributed by atoms with Gasteiger partial charge in [0.1, 0.15) is 11.6 Å². The third-order valence-corrected chi connectivity index (χ3v) is 7.06. The maximum Gasteiger partial charge on any atom is 0.419 e. The van der Waals surface area contributed by atoms with E-state index in [0.29, 0.717) is 35.2 Å². The van der Waals surface area contributed by atoms with Crippen molar-refractivity contribution < 1.29 is 17.9 Å². The van der Waals surface area contributed by atoms with Gasteiger partial charge in [-0.15, -0.1) is 0 Å². The van der Waals surface area contributed by atoms with Crippen LogP contribution in [0.2, 0.25) is 0 Å². The van der Waals surface area contributed by atoms with Crippen LogP contribution in [0.15, 0.2) is 18.5 Å². The highest BCUT2D eigenvalue weighted by atomic mass is 19.4. The van der Waals surface area contributed by atoms with Gasteiger partial charge in [0.15, 0.2) is 0 Å². The molecule has 1 saturated heterocycles. The van der Waals surface area contributed by atoms with Crippen LogP contribution in [0, 0.1) is 11.8 Å². The largest absolute Gasteiger partial charge is 0.419 e. The SMILES string of the molecule is CC(C)c1nc(-c2cnc(N)c(C(F)(F)F)c2)cn1[C@H]1[C@@H]2C[C@H](N3CCOCC3)C[C@@H]21. The van der Waals surface area contributed by atoms with E-state index in [1.165, 1.54) is 19.0 Å². The molecular weight excluding hydrogens is 407 g/mol. The summed E-state index contributed by atoms with van der Waals surface area (Å²) in [7, 11) is 0. The Bertz CT molecular complexity index is 955. The molecule has 0 aromatic carbocycles. The van der Waals surface area contributed by atoms with Crippen molar-refractivity contribution in [1.82, 2.24) is 19.4 Å². The normalized spacial score (nSPS) is 28.8. The van der Waals surface area contributed by atoms with Crippen LogP contribution in [0.1, 0.15) is 50.0 Å². The number of alkyl halides is 3. The number of imidazole rings is 1. The number of anilines is 1. The highest BCUT2D eigenvalue weighted by Crippen LogP contribution is 2.62. The summed E-state index contributed by atoms with van der Waals surface area (Å²) in [4.78, 5) is 11.0. The predicted molar refractivity (Wildman–Crippen MR) is 110 cm³/mol. The fourth-order valence-corrected chi connectivity index (χ4v) is 5.49. The van der Waals surface area contributed by atoms with Crippen LogP contribution in [-0.2, 0) is 10.9 Å². The number of morpholine rings is 1. The molecule has 3 fully saturated rings. The van der Waals surface area contributed by atoms with Gasteiger partial charge >= 0.3 is 6.18 Å². The minimum atomic E-state index is -4.54. The molecule has 1 aliphatic heterocycles. The first kappa shape index (κ1) is 20.8. The van der Waals surface area contributed by atoms with E-state index in [-0.39, 0.29) is 5.92 Å². The van der Waals surface area contributed by atoms with Gasteiger partial charge in [0.05, 0.1) is 24.5 Å². The minimum Gasteiger partial charge on any atom is -0.383 e. The van der Waals surface area contributed by atoms with Gasteiger partial charge in [-0.3, -0.25) is 4.90 Å². The second kappa shape index (κ2) is 7.48. The summed E-state index contributed by atoms with van der Waals surface area (Å²) >= 11 is 0. The number of ether oxygens (including phenoxy) is 1. The number of nitrogens with zero attached hydrogens (tertiary/aromatic N) is 4. The van der Waals surface area contributed by atoms with Crippen LogP contribution in [0.3, 0.4) is 0 Å². The number of fused-ring (bicyclic) bond motifs is 1. The summed E-state index contributed by atoms with van der Waals surface area (Å²) in [6.07, 6.45) is 1.08. The van der Waals surface area contributed by atoms with E-state index in [9.17, 15) is 13.2 Å². The summed E-state index contributed by atoms with van der Waals surface area (Å²) in [6, 6.07) is 2.07. The van der Waals surface area contributed by atoms with E-state index in [1.807, 2.05) is 6.20 Å². The molecule has 4 atom stereocenters. The Labute approximate surface area is 179 Å². The van der Waals surface area contributed by atoms with Crippen LogP contribution in [0.5, 0.6) is 0 Å². The lowest BCUT2D eigenvalue weighted by Gasteiger charge is -2.33. The molecule has 6 nitrogen and oxygen atoms in total. The highest BCUT2D eigenvalue weighted by Gasteiger charge is 2.58. The molecule has 2 aliphatic carbocycles. The van der Waals surface area contributed by atoms with Gasteiger partial charge in [-0.05, 0) is 30.7 Å². The lowest BCUT2D eigenvalue weighted by atomic mass is 10.1. The molecule has 0 amide bonds. The van der Waals surface area contributed by atoms with Crippen molar-refractivity contribution >= 4 is 5.82 Å². The van der Waals surface area contributed by atoms with Crippen molar-refractivity contribution in [3.63, 3.8) is 0 Å². The predicted octanol–water partition coefficient (Wildman–Crippen LogP) is 3.95. The van der Waals surface area contributed by atoms with Crippen LogP contribution >= 0.6 is 0 Å². The fourth-order valence-electron chi connectivity index (χ4n) is 5.49. The zero-order valence-corrected chi connectivity index (χ0v) is 17.8. The summed E-state index contributed by atoms with van der Waals surface area (Å²) in [5, 5.41) is 0. The summed E-state index contributed by atoms with van der Waals surface area (Å²) in [6.45, 7) is 7.78. The van der Waals surface area contributed by atoms with Crippen LogP contribution < -0.4 is 5.73 Å². The lowest BCUT2D eigenvalue weighted by Crippen LogP contribution is -2.43. The third kappa shape index (κ3) is 3.71. The van der Waals surface area contributed by atoms with E-state index in [1.54, 1.807) is 0 Å². The molecule has 2 aromatic rings. The van der Waals surface area contributed by atoms with E-state index in [2.05, 4.69) is 28.3 Å². The molecule has 31 heavy (non-hydrogen) atoms. The molecule has 2 aromatic heterocycles. The van der Waals surface area contributed by atoms with Crippen molar-refractivity contribution in [3.8, 4) is 11.3 Å². The van der Waals surface area contributed by atoms with Gasteiger partial charge in [-0.25, -0.2) is 9.97 Å². The summed E-state index contributed by atoms with van der Waals surface area (Å²) < 4.78 is 47.5. The van der Waals surface area contributed by atoms with E-state index in [4.69, 9.17) is 15.5 Å². The number of nitrogens with two attached hydrogens (primary N) is 1. The minimum absolute atomic E-state index is 0.175. The molecule has 0 spiro atoms. The molecule has 9 heteroatoms. The topological polar surface area (TPSA) is 69.2 Å². The van der Waals surface area contributed by atoms with Gasteiger partial charge in [0.25, 0.3) is 0 Å². The van der Waals surface area contributed by atoms with Crippen LogP contribution in [-0.4, -0.2) is 51.8 Å². The first-order chi connectivity index (χ1) is 14.7. The first-order valence-electron chi connectivity index (χ1n) is 11.0. The average molecular weight is 435 g/mol. The standard InChI is InChI=1S/C22H28F3N5O/c1-12(2)21-28-18(13-7-17(22(23,24)25)20(26)27-10-13)11-30(21)19-15-8-14(9-16(15)19)29-3-5-31-6-4-29/h7,10-12,14-16,19H,3-6,8-9H2,1-2H3,(H2,26,27)/t14-,15+,16-,19-. The number of pyridine rings is 1. The Balaban J connectivity index is 1.39. The molecule has 2 N–H and O–H groups in total. The molecule has 2 saturated carbocycles. The van der Waals surface area contributed by atoms with Gasteiger partial charge in [-0.1, -0.05) is 13.8 Å². The van der Waals surface area contributed by atoms with Gasteiger partial charge in [0.2, 0.25) is 0 Å². The zero-order valence-electron chi connectivity index (χ0n) is 17.8. The van der Waals surface area contributed by atoms with Gasteiger partial charge in [0, 0.05) is 49.0 Å². The van der Waals surface area contributed by atoms with Crippen molar-refractivity contribution in [3.05, 3.63) is 29.8 Å². The number of hydrogen-bond donors (Lipinski definition) is 1. The number of halogens is 3. The van der Waals surface area contributed by atoms with E-state index < -0.39 is 17.6 Å². The number of nitrogen functional groups attached to an aromatic ring is 1. The molecule has 3 heterocycles. The Morgan fingerprint density at radius 1 is 1.16 bits per heavy atom.